The predicted octanol–water partition coefficient (Wildman–Crippen LogP) is 3.62. The summed E-state index contributed by atoms with van der Waals surface area (Å²) in [6.45, 7) is -0.0587. The number of hydrogen-bond acceptors (Lipinski definition) is 2. The number of fused-ring (bicyclic) bond motifs is 1. The molecule has 0 saturated heterocycles. The van der Waals surface area contributed by atoms with Gasteiger partial charge in [0.1, 0.15) is 5.76 Å². The summed E-state index contributed by atoms with van der Waals surface area (Å²) in [6, 6.07) is 3.50. The lowest BCUT2D eigenvalue weighted by molar-refractivity contribution is 0.193. The largest absolute Gasteiger partial charge is 0.465 e. The number of rotatable bonds is 2. The van der Waals surface area contributed by atoms with Crippen LogP contribution in [0.2, 0.25) is 5.02 Å². The second-order valence-corrected chi connectivity index (χ2v) is 4.40. The lowest BCUT2D eigenvalue weighted by Gasteiger charge is -1.95. The van der Waals surface area contributed by atoms with Gasteiger partial charge < -0.3 is 14.8 Å². The first-order chi connectivity index (χ1) is 7.99. The Labute approximate surface area is 106 Å². The summed E-state index contributed by atoms with van der Waals surface area (Å²) in [4.78, 5) is 10.4. The molecule has 2 rings (SSSR count). The van der Waals surface area contributed by atoms with E-state index >= 15 is 0 Å². The van der Waals surface area contributed by atoms with Gasteiger partial charge in [-0.15, -0.1) is 0 Å². The number of furan rings is 1. The van der Waals surface area contributed by atoms with Crippen LogP contribution in [-0.4, -0.2) is 11.2 Å². The molecule has 0 saturated carbocycles. The zero-order chi connectivity index (χ0) is 12.6. The first-order valence-corrected chi connectivity index (χ1v) is 5.50. The Hall–Kier alpha value is -1.20. The summed E-state index contributed by atoms with van der Waals surface area (Å²) in [5.41, 5.74) is 0.391. The monoisotopic (exact) mass is 304 g/mol. The van der Waals surface area contributed by atoms with Crippen molar-refractivity contribution in [3.05, 3.63) is 33.4 Å². The number of carbonyl (C=O) groups is 1. The van der Waals surface area contributed by atoms with Crippen LogP contribution < -0.4 is 5.32 Å². The molecule has 1 aromatic carbocycles. The van der Waals surface area contributed by atoms with Crippen LogP contribution in [0.1, 0.15) is 7.13 Å². The third-order valence-electron chi connectivity index (χ3n) is 1.91. The van der Waals surface area contributed by atoms with Gasteiger partial charge in [0.2, 0.25) is 0 Å². The molecule has 0 radical (unpaired) electrons. The van der Waals surface area contributed by atoms with Gasteiger partial charge >= 0.3 is 6.09 Å². The van der Waals surface area contributed by atoms with Crippen LogP contribution in [0.15, 0.2) is 27.1 Å². The summed E-state index contributed by atoms with van der Waals surface area (Å²) in [5.74, 6) is 0.238. The molecule has 0 unspecified atom stereocenters. The number of hydrogen-bond donors (Lipinski definition) is 2. The molecule has 0 aliphatic heterocycles. The van der Waals surface area contributed by atoms with E-state index in [1.807, 2.05) is 0 Å². The zero-order valence-electron chi connectivity index (χ0n) is 8.88. The highest BCUT2D eigenvalue weighted by Crippen LogP contribution is 2.30. The second kappa shape index (κ2) is 4.35. The maximum atomic E-state index is 10.4. The van der Waals surface area contributed by atoms with Gasteiger partial charge in [-0.25, -0.2) is 4.79 Å². The fourth-order valence-electron chi connectivity index (χ4n) is 1.29. The molecule has 0 atom stereocenters. The number of nitrogens with one attached hydrogen (secondary N) is 1. The van der Waals surface area contributed by atoms with Crippen LogP contribution in [-0.2, 0) is 6.54 Å². The van der Waals surface area contributed by atoms with Crippen molar-refractivity contribution >= 4 is 44.6 Å². The number of benzene rings is 1. The van der Waals surface area contributed by atoms with Crippen LogP contribution >= 0.6 is 27.5 Å². The predicted molar refractivity (Wildman–Crippen MR) is 63.8 cm³/mol. The summed E-state index contributed by atoms with van der Waals surface area (Å²) >= 11 is 9.24. The molecule has 0 aliphatic carbocycles. The van der Waals surface area contributed by atoms with Crippen LogP contribution in [0.3, 0.4) is 0 Å². The molecule has 0 bridgehead atoms. The maximum absolute atomic E-state index is 10.4. The Bertz CT molecular complexity index is 599. The average molecular weight is 306 g/mol. The summed E-state index contributed by atoms with van der Waals surface area (Å²) in [7, 11) is 0. The van der Waals surface area contributed by atoms with E-state index in [-0.39, 0.29) is 18.3 Å². The van der Waals surface area contributed by atoms with Gasteiger partial charge in [-0.2, -0.15) is 0 Å². The molecule has 0 fully saturated rings. The van der Waals surface area contributed by atoms with Crippen molar-refractivity contribution in [1.82, 2.24) is 5.32 Å². The van der Waals surface area contributed by atoms with E-state index in [0.717, 1.165) is 4.47 Å². The van der Waals surface area contributed by atoms with Crippen molar-refractivity contribution in [3.63, 3.8) is 0 Å². The van der Waals surface area contributed by atoms with E-state index in [9.17, 15) is 4.79 Å². The Morgan fingerprint density at radius 1 is 1.69 bits per heavy atom. The quantitative estimate of drug-likeness (QED) is 0.891. The van der Waals surface area contributed by atoms with Gasteiger partial charge in [0.25, 0.3) is 0 Å². The Morgan fingerprint density at radius 3 is 3.12 bits per heavy atom. The summed E-state index contributed by atoms with van der Waals surface area (Å²) in [5, 5.41) is 11.6. The molecule has 1 heterocycles. The van der Waals surface area contributed by atoms with E-state index in [2.05, 4.69) is 21.2 Å². The Kier molecular flexibility index (Phi) is 2.71. The standard InChI is InChI=1S/C10H7BrClNO3/c11-6-1-5-2-7(4-13-10(14)15)16-9(5)8(12)3-6/h1-3,13H,4H2,(H,14,15)/i2D. The van der Waals surface area contributed by atoms with E-state index in [1.54, 1.807) is 12.1 Å². The van der Waals surface area contributed by atoms with Crippen LogP contribution in [0.5, 0.6) is 0 Å². The van der Waals surface area contributed by atoms with E-state index in [4.69, 9.17) is 22.5 Å². The van der Waals surface area contributed by atoms with Gasteiger partial charge in [0, 0.05) is 9.86 Å². The topological polar surface area (TPSA) is 62.5 Å². The molecule has 0 spiro atoms. The highest BCUT2D eigenvalue weighted by atomic mass is 79.9. The van der Waals surface area contributed by atoms with Crippen molar-refractivity contribution in [2.45, 2.75) is 6.54 Å². The average Bonchev–Trinajstić information content (AvgIpc) is 2.54. The van der Waals surface area contributed by atoms with E-state index in [0.29, 0.717) is 16.0 Å². The highest BCUT2D eigenvalue weighted by molar-refractivity contribution is 9.10. The van der Waals surface area contributed by atoms with Gasteiger partial charge in [-0.1, -0.05) is 27.5 Å². The third-order valence-corrected chi connectivity index (χ3v) is 2.65. The van der Waals surface area contributed by atoms with Gasteiger partial charge in [-0.05, 0) is 18.2 Å². The first kappa shape index (κ1) is 9.99. The minimum absolute atomic E-state index is 0.0587. The second-order valence-electron chi connectivity index (χ2n) is 3.07. The van der Waals surface area contributed by atoms with E-state index in [1.165, 1.54) is 0 Å². The number of halogens is 2. The van der Waals surface area contributed by atoms with Crippen LogP contribution in [0, 0.1) is 0 Å². The molecule has 1 amide bonds. The third kappa shape index (κ3) is 2.31. The van der Waals surface area contributed by atoms with Crippen molar-refractivity contribution in [3.8, 4) is 0 Å². The van der Waals surface area contributed by atoms with Gasteiger partial charge in [0.15, 0.2) is 5.58 Å². The number of carboxylic acid groups (broad SMARTS) is 1. The smallest absolute Gasteiger partial charge is 0.405 e. The fraction of sp³-hybridized carbons (Fsp3) is 0.100. The van der Waals surface area contributed by atoms with Crippen molar-refractivity contribution in [2.75, 3.05) is 0 Å². The molecule has 0 aliphatic rings. The molecule has 84 valence electrons. The van der Waals surface area contributed by atoms with Crippen LogP contribution in [0.4, 0.5) is 4.79 Å². The lowest BCUT2D eigenvalue weighted by Crippen LogP contribution is -2.19. The summed E-state index contributed by atoms with van der Waals surface area (Å²) in [6.07, 6.45) is -1.17. The molecular formula is C10H7BrClNO3. The fourth-order valence-corrected chi connectivity index (χ4v) is 2.14. The van der Waals surface area contributed by atoms with E-state index < -0.39 is 6.09 Å². The molecular weight excluding hydrogens is 297 g/mol. The maximum Gasteiger partial charge on any atom is 0.405 e. The van der Waals surface area contributed by atoms with Gasteiger partial charge in [0.05, 0.1) is 12.9 Å². The molecule has 6 heteroatoms. The van der Waals surface area contributed by atoms with Crippen LogP contribution in [0.25, 0.3) is 11.0 Å². The van der Waals surface area contributed by atoms with Crippen molar-refractivity contribution in [2.24, 2.45) is 0 Å². The van der Waals surface area contributed by atoms with Crippen molar-refractivity contribution < 1.29 is 15.7 Å². The zero-order valence-corrected chi connectivity index (χ0v) is 10.2. The highest BCUT2D eigenvalue weighted by Gasteiger charge is 2.09. The number of amides is 1. The molecule has 2 N–H and O–H groups in total. The van der Waals surface area contributed by atoms with Gasteiger partial charge in [-0.3, -0.25) is 0 Å². The van der Waals surface area contributed by atoms with Crippen molar-refractivity contribution in [1.29, 1.82) is 0 Å². The SMILES string of the molecule is [2H]c1c(CNC(=O)O)oc2c(Cl)cc(Br)cc12. The molecule has 1 aromatic heterocycles. The Balaban J connectivity index is 2.49. The lowest BCUT2D eigenvalue weighted by atomic mass is 10.2. The first-order valence-electron chi connectivity index (χ1n) is 4.83. The summed E-state index contributed by atoms with van der Waals surface area (Å²) < 4.78 is 14.0. The molecule has 4 nitrogen and oxygen atoms in total. The molecule has 2 aromatic rings. The Morgan fingerprint density at radius 2 is 2.44 bits per heavy atom. The molecule has 16 heavy (non-hydrogen) atoms. The minimum atomic E-state index is -1.17. The normalized spacial score (nSPS) is 11.5. The minimum Gasteiger partial charge on any atom is -0.465 e.